The van der Waals surface area contributed by atoms with Crippen molar-refractivity contribution in [2.45, 2.75) is 70.3 Å². The molecule has 1 amide bonds. The first-order valence-electron chi connectivity index (χ1n) is 10.7. The fourth-order valence-corrected chi connectivity index (χ4v) is 4.74. The number of pyridine rings is 1. The number of hydrogen-bond acceptors (Lipinski definition) is 8. The summed E-state index contributed by atoms with van der Waals surface area (Å²) in [5, 5.41) is 3.23. The normalized spacial score (nSPS) is 24.8. The van der Waals surface area contributed by atoms with Crippen LogP contribution in [0.4, 0.5) is 4.39 Å². The molecule has 8 nitrogen and oxygen atoms in total. The van der Waals surface area contributed by atoms with E-state index in [1.54, 1.807) is 0 Å². The maximum atomic E-state index is 15.0. The smallest absolute Gasteiger partial charge is 0.274 e. The number of ether oxygens (including phenoxy) is 4. The van der Waals surface area contributed by atoms with Crippen molar-refractivity contribution in [3.63, 3.8) is 0 Å². The van der Waals surface area contributed by atoms with Crippen molar-refractivity contribution in [3.05, 3.63) is 12.0 Å². The number of carbonyl (C=O) groups excluding carboxylic acids is 1. The van der Waals surface area contributed by atoms with Gasteiger partial charge in [-0.1, -0.05) is 11.3 Å². The highest BCUT2D eigenvalue weighted by atomic mass is 32.1. The summed E-state index contributed by atoms with van der Waals surface area (Å²) in [6.07, 6.45) is 5.49. The molecule has 170 valence electrons. The molecule has 1 aliphatic carbocycles. The van der Waals surface area contributed by atoms with E-state index in [1.165, 1.54) is 24.5 Å². The van der Waals surface area contributed by atoms with Crippen LogP contribution >= 0.6 is 11.3 Å². The molecule has 2 aromatic heterocycles. The van der Waals surface area contributed by atoms with Crippen molar-refractivity contribution in [1.29, 1.82) is 0 Å². The third kappa shape index (κ3) is 5.81. The Labute approximate surface area is 184 Å². The van der Waals surface area contributed by atoms with Gasteiger partial charge in [0.2, 0.25) is 11.7 Å². The van der Waals surface area contributed by atoms with Gasteiger partial charge in [-0.25, -0.2) is 9.97 Å². The van der Waals surface area contributed by atoms with E-state index >= 15 is 0 Å². The summed E-state index contributed by atoms with van der Waals surface area (Å²) >= 11 is 1.17. The van der Waals surface area contributed by atoms with E-state index in [1.807, 2.05) is 6.92 Å². The number of amides is 1. The van der Waals surface area contributed by atoms with Gasteiger partial charge in [-0.2, -0.15) is 4.39 Å². The summed E-state index contributed by atoms with van der Waals surface area (Å²) in [4.78, 5) is 19.5. The Balaban J connectivity index is 1.29. The summed E-state index contributed by atoms with van der Waals surface area (Å²) < 4.78 is 38.2. The minimum Gasteiger partial charge on any atom is -0.472 e. The molecule has 10 heteroatoms. The molecule has 2 aliphatic rings. The quantitative estimate of drug-likeness (QED) is 0.656. The first-order chi connectivity index (χ1) is 15.0. The van der Waals surface area contributed by atoms with Gasteiger partial charge in [0, 0.05) is 19.4 Å². The number of halogens is 1. The number of carbonyl (C=O) groups is 1. The van der Waals surface area contributed by atoms with Gasteiger partial charge in [-0.05, 0) is 32.6 Å². The van der Waals surface area contributed by atoms with Gasteiger partial charge in [-0.15, -0.1) is 0 Å². The number of nitrogens with zero attached hydrogens (tertiary/aromatic N) is 2. The lowest BCUT2D eigenvalue weighted by Gasteiger charge is -2.29. The first-order valence-corrected chi connectivity index (χ1v) is 11.5. The molecule has 1 saturated carbocycles. The molecule has 2 aromatic rings. The summed E-state index contributed by atoms with van der Waals surface area (Å²) in [5.74, 6) is -0.544. The number of thiazole rings is 1. The average Bonchev–Trinajstić information content (AvgIpc) is 3.39. The van der Waals surface area contributed by atoms with E-state index in [4.69, 9.17) is 18.9 Å². The van der Waals surface area contributed by atoms with Gasteiger partial charge in [0.05, 0.1) is 32.1 Å². The molecule has 0 spiro atoms. The Kier molecular flexibility index (Phi) is 7.19. The van der Waals surface area contributed by atoms with Crippen LogP contribution in [-0.2, 0) is 14.3 Å². The number of fused-ring (bicyclic) bond motifs is 1. The van der Waals surface area contributed by atoms with Crippen molar-refractivity contribution in [2.75, 3.05) is 19.8 Å². The van der Waals surface area contributed by atoms with Gasteiger partial charge in [0.15, 0.2) is 0 Å². The average molecular weight is 454 g/mol. The molecule has 1 N–H and O–H groups in total. The maximum absolute atomic E-state index is 15.0. The second-order valence-electron chi connectivity index (χ2n) is 8.13. The van der Waals surface area contributed by atoms with Crippen LogP contribution in [-0.4, -0.2) is 60.0 Å². The molecule has 1 saturated heterocycles. The molecule has 3 heterocycles. The highest BCUT2D eigenvalue weighted by Crippen LogP contribution is 2.35. The van der Waals surface area contributed by atoms with Crippen molar-refractivity contribution in [2.24, 2.45) is 0 Å². The summed E-state index contributed by atoms with van der Waals surface area (Å²) in [6, 6.07) is -0.0223. The fraction of sp³-hybridized carbons (Fsp3) is 0.667. The molecular formula is C21H28FN3O5S. The third-order valence-corrected chi connectivity index (χ3v) is 6.37. The summed E-state index contributed by atoms with van der Waals surface area (Å²) in [6.45, 7) is 5.09. The largest absolute Gasteiger partial charge is 0.472 e. The lowest BCUT2D eigenvalue weighted by atomic mass is 9.95. The summed E-state index contributed by atoms with van der Waals surface area (Å²) in [5.41, 5.74) is 0.467. The van der Waals surface area contributed by atoms with Crippen LogP contribution in [0.1, 0.15) is 46.0 Å². The lowest BCUT2D eigenvalue weighted by molar-refractivity contribution is -0.120. The SMILES string of the molecule is CC(=O)N[C@@H](C)COC1CCC(Oc2ncc3nc(O[C@@H]4CCOC4)sc3c2F)CC1. The van der Waals surface area contributed by atoms with Crippen molar-refractivity contribution in [3.8, 4) is 11.1 Å². The Bertz CT molecular complexity index is 897. The van der Waals surface area contributed by atoms with Crippen LogP contribution < -0.4 is 14.8 Å². The van der Waals surface area contributed by atoms with E-state index in [-0.39, 0.29) is 36.1 Å². The molecule has 0 bridgehead atoms. The van der Waals surface area contributed by atoms with E-state index < -0.39 is 5.82 Å². The minimum atomic E-state index is -0.491. The number of hydrogen-bond donors (Lipinski definition) is 1. The van der Waals surface area contributed by atoms with Crippen LogP contribution in [0.25, 0.3) is 10.2 Å². The molecule has 0 radical (unpaired) electrons. The van der Waals surface area contributed by atoms with E-state index in [0.717, 1.165) is 32.1 Å². The topological polar surface area (TPSA) is 91.8 Å². The van der Waals surface area contributed by atoms with Crippen LogP contribution in [0.2, 0.25) is 0 Å². The van der Waals surface area contributed by atoms with E-state index in [0.29, 0.717) is 35.2 Å². The van der Waals surface area contributed by atoms with E-state index in [2.05, 4.69) is 15.3 Å². The van der Waals surface area contributed by atoms with Gasteiger partial charge in [0.1, 0.15) is 22.4 Å². The van der Waals surface area contributed by atoms with Gasteiger partial charge < -0.3 is 24.3 Å². The van der Waals surface area contributed by atoms with Gasteiger partial charge >= 0.3 is 0 Å². The second kappa shape index (κ2) is 10.1. The number of nitrogens with one attached hydrogen (secondary N) is 1. The van der Waals surface area contributed by atoms with Crippen molar-refractivity contribution in [1.82, 2.24) is 15.3 Å². The monoisotopic (exact) mass is 453 g/mol. The zero-order valence-electron chi connectivity index (χ0n) is 17.8. The zero-order valence-corrected chi connectivity index (χ0v) is 18.6. The van der Waals surface area contributed by atoms with Crippen LogP contribution in [0.3, 0.4) is 0 Å². The Morgan fingerprint density at radius 3 is 2.74 bits per heavy atom. The highest BCUT2D eigenvalue weighted by Gasteiger charge is 2.26. The van der Waals surface area contributed by atoms with E-state index in [9.17, 15) is 9.18 Å². The standard InChI is InChI=1S/C21H28FN3O5S/c1-12(24-13(2)26)10-28-14-3-5-15(6-4-14)29-20-18(22)19-17(9-23-20)25-21(31-19)30-16-7-8-27-11-16/h9,12,14-16H,3-8,10-11H2,1-2H3,(H,24,26)/t12-,14?,15?,16+/m0/s1. The first kappa shape index (κ1) is 22.2. The minimum absolute atomic E-state index is 0.00977. The van der Waals surface area contributed by atoms with Gasteiger partial charge in [-0.3, -0.25) is 4.79 Å². The summed E-state index contributed by atoms with van der Waals surface area (Å²) in [7, 11) is 0. The van der Waals surface area contributed by atoms with Gasteiger partial charge in [0.25, 0.3) is 11.1 Å². The molecule has 2 atom stereocenters. The Morgan fingerprint density at radius 2 is 2.03 bits per heavy atom. The lowest BCUT2D eigenvalue weighted by Crippen LogP contribution is -2.37. The predicted octanol–water partition coefficient (Wildman–Crippen LogP) is 3.23. The molecule has 4 rings (SSSR count). The molecule has 0 aromatic carbocycles. The van der Waals surface area contributed by atoms with Crippen LogP contribution in [0, 0.1) is 5.82 Å². The number of rotatable bonds is 8. The second-order valence-corrected chi connectivity index (χ2v) is 9.09. The van der Waals surface area contributed by atoms with Crippen LogP contribution in [0.5, 0.6) is 11.1 Å². The fourth-order valence-electron chi connectivity index (χ4n) is 3.85. The van der Waals surface area contributed by atoms with Crippen molar-refractivity contribution >= 4 is 27.5 Å². The zero-order chi connectivity index (χ0) is 21.8. The van der Waals surface area contributed by atoms with Crippen molar-refractivity contribution < 1.29 is 28.1 Å². The molecule has 0 unspecified atom stereocenters. The molecule has 31 heavy (non-hydrogen) atoms. The molecular weight excluding hydrogens is 425 g/mol. The molecule has 2 fully saturated rings. The van der Waals surface area contributed by atoms with Crippen LogP contribution in [0.15, 0.2) is 6.20 Å². The number of aromatic nitrogens is 2. The maximum Gasteiger partial charge on any atom is 0.274 e. The molecule has 1 aliphatic heterocycles. The highest BCUT2D eigenvalue weighted by molar-refractivity contribution is 7.20. The third-order valence-electron chi connectivity index (χ3n) is 5.41. The Morgan fingerprint density at radius 1 is 1.26 bits per heavy atom. The predicted molar refractivity (Wildman–Crippen MR) is 113 cm³/mol. The Hall–Kier alpha value is -2.04.